The number of rotatable bonds is 4. The third kappa shape index (κ3) is 3.45. The summed E-state index contributed by atoms with van der Waals surface area (Å²) in [7, 11) is 0. The molecule has 0 aliphatic rings. The molecule has 96 valence electrons. The van der Waals surface area contributed by atoms with E-state index >= 15 is 0 Å². The van der Waals surface area contributed by atoms with Crippen LogP contribution in [0.1, 0.15) is 11.1 Å². The molecule has 0 amide bonds. The monoisotopic (exact) mass is 254 g/mol. The van der Waals surface area contributed by atoms with E-state index in [1.54, 1.807) is 30.3 Å². The predicted octanol–water partition coefficient (Wildman–Crippen LogP) is 3.10. The van der Waals surface area contributed by atoms with Crippen molar-refractivity contribution >= 4 is 12.0 Å². The van der Waals surface area contributed by atoms with Gasteiger partial charge in [0.1, 0.15) is 5.75 Å². The molecule has 2 aromatic carbocycles. The summed E-state index contributed by atoms with van der Waals surface area (Å²) in [6.45, 7) is 0. The quantitative estimate of drug-likeness (QED) is 0.824. The van der Waals surface area contributed by atoms with Crippen LogP contribution < -0.4 is 0 Å². The Morgan fingerprint density at radius 1 is 1.00 bits per heavy atom. The molecule has 2 rings (SSSR count). The second kappa shape index (κ2) is 5.87. The third-order valence-corrected chi connectivity index (χ3v) is 2.79. The Bertz CT molecular complexity index is 600. The van der Waals surface area contributed by atoms with Crippen molar-refractivity contribution in [2.75, 3.05) is 0 Å². The van der Waals surface area contributed by atoms with Crippen LogP contribution in [0.4, 0.5) is 0 Å². The maximum absolute atomic E-state index is 11.3. The highest BCUT2D eigenvalue weighted by Gasteiger charge is 2.10. The van der Waals surface area contributed by atoms with E-state index in [4.69, 9.17) is 0 Å². The highest BCUT2D eigenvalue weighted by atomic mass is 16.4. The fourth-order valence-electron chi connectivity index (χ4n) is 1.80. The second-order valence-electron chi connectivity index (χ2n) is 4.19. The highest BCUT2D eigenvalue weighted by molar-refractivity contribution is 5.92. The van der Waals surface area contributed by atoms with Crippen LogP contribution >= 0.6 is 0 Å². The van der Waals surface area contributed by atoms with Crippen LogP contribution in [0.25, 0.3) is 6.08 Å². The van der Waals surface area contributed by atoms with E-state index < -0.39 is 5.97 Å². The summed E-state index contributed by atoms with van der Waals surface area (Å²) in [6, 6.07) is 16.0. The van der Waals surface area contributed by atoms with Crippen molar-refractivity contribution in [2.24, 2.45) is 0 Å². The van der Waals surface area contributed by atoms with E-state index in [0.29, 0.717) is 5.56 Å². The van der Waals surface area contributed by atoms with Gasteiger partial charge in [0.2, 0.25) is 0 Å². The topological polar surface area (TPSA) is 57.5 Å². The molecule has 3 heteroatoms. The summed E-state index contributed by atoms with van der Waals surface area (Å²) in [6.07, 6.45) is 1.81. The van der Waals surface area contributed by atoms with Gasteiger partial charge in [-0.1, -0.05) is 48.5 Å². The van der Waals surface area contributed by atoms with Gasteiger partial charge in [-0.2, -0.15) is 0 Å². The van der Waals surface area contributed by atoms with Gasteiger partial charge < -0.3 is 10.2 Å². The Balaban J connectivity index is 2.30. The fraction of sp³-hybridized carbons (Fsp3) is 0.0625. The number of phenolic OH excluding ortho intramolecular Hbond substituents is 1. The first-order chi connectivity index (χ1) is 9.16. The van der Waals surface area contributed by atoms with Gasteiger partial charge in [0, 0.05) is 12.0 Å². The maximum atomic E-state index is 11.3. The molecule has 0 unspecified atom stereocenters. The van der Waals surface area contributed by atoms with Gasteiger partial charge in [-0.15, -0.1) is 0 Å². The minimum absolute atomic E-state index is 0.114. The van der Waals surface area contributed by atoms with Crippen molar-refractivity contribution in [2.45, 2.75) is 6.42 Å². The van der Waals surface area contributed by atoms with Crippen molar-refractivity contribution in [1.29, 1.82) is 0 Å². The number of benzene rings is 2. The standard InChI is InChI=1S/C16H14O3/c17-15-9-5-4-8-13(15)11-14(16(18)19)10-12-6-2-1-3-7-12/h1-10,17H,11H2,(H,18,19). The zero-order valence-electron chi connectivity index (χ0n) is 10.3. The number of hydrogen-bond acceptors (Lipinski definition) is 2. The Morgan fingerprint density at radius 3 is 2.26 bits per heavy atom. The number of aromatic hydroxyl groups is 1. The number of carboxylic acid groups (broad SMARTS) is 1. The molecule has 0 spiro atoms. The molecule has 0 saturated heterocycles. The van der Waals surface area contributed by atoms with Gasteiger partial charge >= 0.3 is 5.97 Å². The Kier molecular flexibility index (Phi) is 3.98. The molecule has 0 heterocycles. The summed E-state index contributed by atoms with van der Waals surface area (Å²) < 4.78 is 0. The van der Waals surface area contributed by atoms with E-state index in [9.17, 15) is 15.0 Å². The molecule has 0 aromatic heterocycles. The SMILES string of the molecule is O=C(O)C(=Cc1ccccc1)Cc1ccccc1O. The zero-order valence-corrected chi connectivity index (χ0v) is 10.3. The number of carboxylic acids is 1. The van der Waals surface area contributed by atoms with Crippen molar-refractivity contribution in [3.05, 3.63) is 71.3 Å². The third-order valence-electron chi connectivity index (χ3n) is 2.79. The number of para-hydroxylation sites is 1. The first-order valence-corrected chi connectivity index (χ1v) is 5.92. The van der Waals surface area contributed by atoms with E-state index in [0.717, 1.165) is 5.56 Å². The predicted molar refractivity (Wildman–Crippen MR) is 73.9 cm³/mol. The molecular formula is C16H14O3. The van der Waals surface area contributed by atoms with Gasteiger partial charge in [0.25, 0.3) is 0 Å². The lowest BCUT2D eigenvalue weighted by Crippen LogP contribution is -2.04. The molecule has 2 aromatic rings. The van der Waals surface area contributed by atoms with Gasteiger partial charge in [0.15, 0.2) is 0 Å². The molecule has 0 bridgehead atoms. The minimum Gasteiger partial charge on any atom is -0.508 e. The van der Waals surface area contributed by atoms with Crippen molar-refractivity contribution in [3.8, 4) is 5.75 Å². The molecule has 0 aliphatic carbocycles. The smallest absolute Gasteiger partial charge is 0.331 e. The van der Waals surface area contributed by atoms with Gasteiger partial charge in [-0.25, -0.2) is 4.79 Å². The van der Waals surface area contributed by atoms with Crippen molar-refractivity contribution in [3.63, 3.8) is 0 Å². The van der Waals surface area contributed by atoms with Crippen LogP contribution in [0.2, 0.25) is 0 Å². The normalized spacial score (nSPS) is 11.3. The lowest BCUT2D eigenvalue weighted by Gasteiger charge is -2.05. The first kappa shape index (κ1) is 12.9. The molecule has 0 fully saturated rings. The van der Waals surface area contributed by atoms with Gasteiger partial charge in [-0.3, -0.25) is 0 Å². The molecule has 0 atom stereocenters. The lowest BCUT2D eigenvalue weighted by atomic mass is 10.0. The van der Waals surface area contributed by atoms with E-state index in [1.165, 1.54) is 0 Å². The van der Waals surface area contributed by atoms with Crippen LogP contribution in [0.5, 0.6) is 5.75 Å². The lowest BCUT2D eigenvalue weighted by molar-refractivity contribution is -0.132. The minimum atomic E-state index is -0.980. The van der Waals surface area contributed by atoms with Crippen LogP contribution in [0, 0.1) is 0 Å². The van der Waals surface area contributed by atoms with Crippen molar-refractivity contribution in [1.82, 2.24) is 0 Å². The second-order valence-corrected chi connectivity index (χ2v) is 4.19. The first-order valence-electron chi connectivity index (χ1n) is 5.92. The van der Waals surface area contributed by atoms with E-state index in [2.05, 4.69) is 0 Å². The Hall–Kier alpha value is -2.55. The molecular weight excluding hydrogens is 240 g/mol. The average Bonchev–Trinajstić information content (AvgIpc) is 2.41. The highest BCUT2D eigenvalue weighted by Crippen LogP contribution is 2.20. The van der Waals surface area contributed by atoms with Crippen LogP contribution in [0.15, 0.2) is 60.2 Å². The molecule has 0 saturated carbocycles. The fourth-order valence-corrected chi connectivity index (χ4v) is 1.80. The summed E-state index contributed by atoms with van der Waals surface area (Å²) in [5.41, 5.74) is 1.68. The maximum Gasteiger partial charge on any atom is 0.331 e. The van der Waals surface area contributed by atoms with E-state index in [1.807, 2.05) is 30.3 Å². The van der Waals surface area contributed by atoms with Gasteiger partial charge in [-0.05, 0) is 23.3 Å². The Morgan fingerprint density at radius 2 is 1.63 bits per heavy atom. The molecule has 19 heavy (non-hydrogen) atoms. The average molecular weight is 254 g/mol. The molecule has 0 aliphatic heterocycles. The molecule has 3 nitrogen and oxygen atoms in total. The van der Waals surface area contributed by atoms with Crippen LogP contribution in [-0.4, -0.2) is 16.2 Å². The molecule has 0 radical (unpaired) electrons. The van der Waals surface area contributed by atoms with Crippen molar-refractivity contribution < 1.29 is 15.0 Å². The van der Waals surface area contributed by atoms with Crippen LogP contribution in [0.3, 0.4) is 0 Å². The van der Waals surface area contributed by atoms with Gasteiger partial charge in [0.05, 0.1) is 0 Å². The Labute approximate surface area is 111 Å². The number of hydrogen-bond donors (Lipinski definition) is 2. The van der Waals surface area contributed by atoms with E-state index in [-0.39, 0.29) is 17.7 Å². The summed E-state index contributed by atoms with van der Waals surface area (Å²) in [4.78, 5) is 11.3. The number of phenols is 1. The number of carbonyl (C=O) groups is 1. The summed E-state index contributed by atoms with van der Waals surface area (Å²) in [5.74, 6) is -0.866. The largest absolute Gasteiger partial charge is 0.508 e. The molecule has 2 N–H and O–H groups in total. The summed E-state index contributed by atoms with van der Waals surface area (Å²) >= 11 is 0. The van der Waals surface area contributed by atoms with Crippen LogP contribution in [-0.2, 0) is 11.2 Å². The zero-order chi connectivity index (χ0) is 13.7. The number of aliphatic carboxylic acids is 1. The summed E-state index contributed by atoms with van der Waals surface area (Å²) in [5, 5.41) is 18.9.